The Morgan fingerprint density at radius 3 is 2.43 bits per heavy atom. The molecule has 1 unspecified atom stereocenters. The van der Waals surface area contributed by atoms with Gasteiger partial charge in [-0.1, -0.05) is 0 Å². The number of aliphatic carboxylic acids is 1. The van der Waals surface area contributed by atoms with Crippen LogP contribution in [0.4, 0.5) is 0 Å². The van der Waals surface area contributed by atoms with Gasteiger partial charge in [-0.3, -0.25) is 0 Å². The topological polar surface area (TPSA) is 41.7 Å². The normalized spacial score (nSPS) is 13.4. The van der Waals surface area contributed by atoms with Crippen molar-refractivity contribution < 1.29 is 14.8 Å². The van der Waals surface area contributed by atoms with Crippen LogP contribution in [0.1, 0.15) is 0 Å². The molecule has 0 aliphatic rings. The van der Waals surface area contributed by atoms with Gasteiger partial charge >= 0.3 is 5.97 Å². The van der Waals surface area contributed by atoms with E-state index in [2.05, 4.69) is 7.05 Å². The molecule has 7 heavy (non-hydrogen) atoms. The average molecular weight is 103 g/mol. The fraction of sp³-hybridized carbons (Fsp3) is 0.500. The van der Waals surface area contributed by atoms with Gasteiger partial charge in [-0.25, -0.2) is 4.79 Å². The van der Waals surface area contributed by atoms with Gasteiger partial charge in [0.1, 0.15) is 0 Å². The fourth-order valence-electron chi connectivity index (χ4n) is 0.258. The standard InChI is InChI=1S/C4H9NO2/c1-5(2)3-4(6)7/h5H,1,3H2,2H3,(H,6,7). The minimum absolute atomic E-state index is 0.0833. The Morgan fingerprint density at radius 2 is 2.43 bits per heavy atom. The van der Waals surface area contributed by atoms with Crippen LogP contribution in [0.25, 0.3) is 0 Å². The van der Waals surface area contributed by atoms with Crippen LogP contribution in [0.2, 0.25) is 0 Å². The maximum absolute atomic E-state index is 9.75. The Labute approximate surface area is 42.5 Å². The molecule has 0 bridgehead atoms. The zero-order valence-electron chi connectivity index (χ0n) is 4.27. The second-order valence-corrected chi connectivity index (χ2v) is 1.53. The molecule has 3 heteroatoms. The zero-order chi connectivity index (χ0) is 5.86. The molecule has 0 saturated heterocycles. The molecule has 0 aromatic carbocycles. The van der Waals surface area contributed by atoms with Crippen molar-refractivity contribution in [1.82, 2.24) is 0 Å². The van der Waals surface area contributed by atoms with Crippen LogP contribution in [0.15, 0.2) is 0 Å². The maximum Gasteiger partial charge on any atom is 0.356 e. The Hall–Kier alpha value is -0.570. The number of hydrogen-bond acceptors (Lipinski definition) is 1. The van der Waals surface area contributed by atoms with Crippen molar-refractivity contribution in [2.45, 2.75) is 0 Å². The van der Waals surface area contributed by atoms with E-state index in [4.69, 9.17) is 5.11 Å². The summed E-state index contributed by atoms with van der Waals surface area (Å²) in [6, 6.07) is 0. The van der Waals surface area contributed by atoms with Crippen molar-refractivity contribution in [1.29, 1.82) is 0 Å². The van der Waals surface area contributed by atoms with Crippen molar-refractivity contribution in [2.24, 2.45) is 0 Å². The quantitative estimate of drug-likeness (QED) is 0.412. The number of carbonyl (C=O) groups is 1. The zero-order valence-corrected chi connectivity index (χ0v) is 4.27. The smallest absolute Gasteiger partial charge is 0.356 e. The third kappa shape index (κ3) is 5.43. The van der Waals surface area contributed by atoms with E-state index in [1.165, 1.54) is 0 Å². The highest BCUT2D eigenvalue weighted by Gasteiger charge is 1.94. The summed E-state index contributed by atoms with van der Waals surface area (Å²) in [4.78, 5) is 10.4. The first kappa shape index (κ1) is 6.43. The highest BCUT2D eigenvalue weighted by Crippen LogP contribution is 1.46. The number of carboxylic acid groups (broad SMARTS) is 1. The van der Waals surface area contributed by atoms with Crippen LogP contribution in [0.3, 0.4) is 0 Å². The summed E-state index contributed by atoms with van der Waals surface area (Å²) >= 11 is 0. The lowest BCUT2D eigenvalue weighted by Crippen LogP contribution is -3.04. The summed E-state index contributed by atoms with van der Waals surface area (Å²) in [5, 5.41) is 8.02. The highest BCUT2D eigenvalue weighted by molar-refractivity contribution is 5.67. The summed E-state index contributed by atoms with van der Waals surface area (Å²) in [7, 11) is 5.10. The Bertz CT molecular complexity index is 70.1. The third-order valence-corrected chi connectivity index (χ3v) is 0.453. The van der Waals surface area contributed by atoms with Gasteiger partial charge < -0.3 is 10.0 Å². The molecule has 42 valence electrons. The van der Waals surface area contributed by atoms with Crippen LogP contribution in [-0.2, 0) is 4.79 Å². The van der Waals surface area contributed by atoms with E-state index in [9.17, 15) is 4.79 Å². The predicted octanol–water partition coefficient (Wildman–Crippen LogP) is -1.62. The average Bonchev–Trinajstić information content (AvgIpc) is 1.27. The Kier molecular flexibility index (Phi) is 2.37. The van der Waals surface area contributed by atoms with Gasteiger partial charge in [-0.15, -0.1) is 0 Å². The van der Waals surface area contributed by atoms with E-state index >= 15 is 0 Å². The van der Waals surface area contributed by atoms with Crippen LogP contribution in [-0.4, -0.2) is 24.7 Å². The molecule has 1 atom stereocenters. The van der Waals surface area contributed by atoms with E-state index in [1.54, 1.807) is 7.05 Å². The van der Waals surface area contributed by atoms with E-state index in [0.29, 0.717) is 4.90 Å². The molecule has 2 N–H and O–H groups in total. The monoisotopic (exact) mass is 103 g/mol. The molecule has 0 saturated carbocycles. The summed E-state index contributed by atoms with van der Waals surface area (Å²) in [5.74, 6) is -0.812. The van der Waals surface area contributed by atoms with Crippen LogP contribution < -0.4 is 4.90 Å². The van der Waals surface area contributed by atoms with Gasteiger partial charge in [-0.05, 0) is 0 Å². The second kappa shape index (κ2) is 2.58. The molecule has 0 spiro atoms. The van der Waals surface area contributed by atoms with Gasteiger partial charge in [0.25, 0.3) is 0 Å². The Balaban J connectivity index is 3.13. The first-order chi connectivity index (χ1) is 3.13. The maximum atomic E-state index is 9.75. The first-order valence-electron chi connectivity index (χ1n) is 1.99. The predicted molar refractivity (Wildman–Crippen MR) is 24.7 cm³/mol. The largest absolute Gasteiger partial charge is 0.477 e. The molecule has 0 amide bonds. The van der Waals surface area contributed by atoms with E-state index < -0.39 is 5.97 Å². The molecule has 3 nitrogen and oxygen atoms in total. The number of nitrogens with one attached hydrogen (secondary N) is 1. The van der Waals surface area contributed by atoms with E-state index in [0.717, 1.165) is 0 Å². The summed E-state index contributed by atoms with van der Waals surface area (Å²) in [6.07, 6.45) is 0. The lowest BCUT2D eigenvalue weighted by molar-refractivity contribution is -0.823. The highest BCUT2D eigenvalue weighted by atomic mass is 16.4. The summed E-state index contributed by atoms with van der Waals surface area (Å²) in [5.41, 5.74) is 0. The SMILES string of the molecule is [CH2-][NH+](C)CC(=O)O. The lowest BCUT2D eigenvalue weighted by Gasteiger charge is -2.08. The van der Waals surface area contributed by atoms with Crippen molar-refractivity contribution in [3.05, 3.63) is 7.05 Å². The van der Waals surface area contributed by atoms with Gasteiger partial charge in [0.15, 0.2) is 6.54 Å². The van der Waals surface area contributed by atoms with Crippen molar-refractivity contribution in [2.75, 3.05) is 13.6 Å². The Morgan fingerprint density at radius 1 is 2.00 bits per heavy atom. The molecule has 0 aliphatic carbocycles. The van der Waals surface area contributed by atoms with Gasteiger partial charge in [0, 0.05) is 7.05 Å². The molecule has 0 heterocycles. The summed E-state index contributed by atoms with van der Waals surface area (Å²) < 4.78 is 0. The van der Waals surface area contributed by atoms with Crippen LogP contribution in [0.5, 0.6) is 0 Å². The van der Waals surface area contributed by atoms with Gasteiger partial charge in [0.2, 0.25) is 0 Å². The molecule has 0 radical (unpaired) electrons. The molecule has 0 aromatic heterocycles. The van der Waals surface area contributed by atoms with Crippen LogP contribution >= 0.6 is 0 Å². The summed E-state index contributed by atoms with van der Waals surface area (Å²) in [6.45, 7) is 0.0833. The first-order valence-corrected chi connectivity index (χ1v) is 1.99. The molecule has 0 aromatic rings. The number of carboxylic acids is 1. The molecule has 0 aliphatic heterocycles. The molecule has 0 rings (SSSR count). The molecular weight excluding hydrogens is 94.0 g/mol. The van der Waals surface area contributed by atoms with Crippen molar-refractivity contribution >= 4 is 5.97 Å². The third-order valence-electron chi connectivity index (χ3n) is 0.453. The van der Waals surface area contributed by atoms with Crippen LogP contribution in [0, 0.1) is 7.05 Å². The number of hydrogen-bond donors (Lipinski definition) is 2. The second-order valence-electron chi connectivity index (χ2n) is 1.53. The van der Waals surface area contributed by atoms with Gasteiger partial charge in [-0.2, -0.15) is 7.05 Å². The number of likely N-dealkylation sites (N-methyl/N-ethyl adjacent to an activating group) is 1. The molecule has 0 fully saturated rings. The minimum atomic E-state index is -0.812. The van der Waals surface area contributed by atoms with E-state index in [1.807, 2.05) is 0 Å². The van der Waals surface area contributed by atoms with E-state index in [-0.39, 0.29) is 6.54 Å². The molecular formula is C4H9NO2. The lowest BCUT2D eigenvalue weighted by atomic mass is 10.6. The fourth-order valence-corrected chi connectivity index (χ4v) is 0.258. The van der Waals surface area contributed by atoms with Crippen molar-refractivity contribution in [3.8, 4) is 0 Å². The number of rotatable bonds is 2. The minimum Gasteiger partial charge on any atom is -0.477 e. The van der Waals surface area contributed by atoms with Crippen molar-refractivity contribution in [3.63, 3.8) is 0 Å². The van der Waals surface area contributed by atoms with Gasteiger partial charge in [0.05, 0.1) is 0 Å². The number of quaternary nitrogens is 1.